The Balaban J connectivity index is 2.21. The SMILES string of the molecule is CCc1ccc(/N=C/c2cc(I)ccc2O)cc1. The largest absolute Gasteiger partial charge is 0.507 e. The van der Waals surface area contributed by atoms with Crippen molar-refractivity contribution < 1.29 is 5.11 Å². The molecule has 2 nitrogen and oxygen atoms in total. The first-order chi connectivity index (χ1) is 8.69. The minimum atomic E-state index is 0.254. The van der Waals surface area contributed by atoms with Gasteiger partial charge >= 0.3 is 0 Å². The van der Waals surface area contributed by atoms with Crippen LogP contribution >= 0.6 is 22.6 Å². The van der Waals surface area contributed by atoms with Crippen LogP contribution in [0, 0.1) is 3.57 Å². The second-order valence-corrected chi connectivity index (χ2v) is 5.23. The summed E-state index contributed by atoms with van der Waals surface area (Å²) in [6, 6.07) is 13.6. The fourth-order valence-corrected chi connectivity index (χ4v) is 2.11. The Hall–Kier alpha value is -1.36. The number of hydrogen-bond donors (Lipinski definition) is 1. The van der Waals surface area contributed by atoms with Crippen LogP contribution in [0.5, 0.6) is 5.75 Å². The van der Waals surface area contributed by atoms with Gasteiger partial charge in [0.2, 0.25) is 0 Å². The molecule has 3 heteroatoms. The molecule has 0 atom stereocenters. The number of nitrogens with zero attached hydrogens (tertiary/aromatic N) is 1. The maximum atomic E-state index is 9.70. The van der Waals surface area contributed by atoms with Crippen molar-refractivity contribution in [1.82, 2.24) is 0 Å². The summed E-state index contributed by atoms with van der Waals surface area (Å²) in [5.74, 6) is 0.254. The van der Waals surface area contributed by atoms with Gasteiger partial charge in [-0.05, 0) is 64.9 Å². The second kappa shape index (κ2) is 6.00. The highest BCUT2D eigenvalue weighted by Gasteiger charge is 1.98. The van der Waals surface area contributed by atoms with Crippen molar-refractivity contribution in [3.05, 3.63) is 57.2 Å². The summed E-state index contributed by atoms with van der Waals surface area (Å²) >= 11 is 2.21. The lowest BCUT2D eigenvalue weighted by molar-refractivity contribution is 0.474. The molecule has 1 N–H and O–H groups in total. The Labute approximate surface area is 121 Å². The Morgan fingerprint density at radius 1 is 1.17 bits per heavy atom. The van der Waals surface area contributed by atoms with E-state index in [1.807, 2.05) is 24.3 Å². The first kappa shape index (κ1) is 13.1. The predicted octanol–water partition coefficient (Wildman–Crippen LogP) is 4.31. The maximum Gasteiger partial charge on any atom is 0.124 e. The van der Waals surface area contributed by atoms with Gasteiger partial charge < -0.3 is 5.11 Å². The van der Waals surface area contributed by atoms with Gasteiger partial charge in [0.1, 0.15) is 5.75 Å². The smallest absolute Gasteiger partial charge is 0.124 e. The number of aryl methyl sites for hydroxylation is 1. The molecule has 0 saturated heterocycles. The highest BCUT2D eigenvalue weighted by Crippen LogP contribution is 2.19. The van der Waals surface area contributed by atoms with Crippen molar-refractivity contribution in [2.75, 3.05) is 0 Å². The number of aliphatic imine (C=N–C) groups is 1. The molecule has 0 saturated carbocycles. The Bertz CT molecular complexity index is 561. The molecule has 0 fully saturated rings. The van der Waals surface area contributed by atoms with E-state index >= 15 is 0 Å². The van der Waals surface area contributed by atoms with E-state index in [0.717, 1.165) is 21.2 Å². The molecule has 0 spiro atoms. The molecule has 0 aliphatic rings. The average molecular weight is 351 g/mol. The molecule has 0 bridgehead atoms. The van der Waals surface area contributed by atoms with Crippen molar-refractivity contribution in [1.29, 1.82) is 0 Å². The van der Waals surface area contributed by atoms with E-state index in [2.05, 4.69) is 46.6 Å². The number of phenols is 1. The van der Waals surface area contributed by atoms with Crippen LogP contribution in [0.2, 0.25) is 0 Å². The zero-order valence-electron chi connectivity index (χ0n) is 10.1. The molecule has 0 amide bonds. The standard InChI is InChI=1S/C15H14INO/c1-2-11-3-6-14(7-4-11)17-10-12-9-13(16)5-8-15(12)18/h3-10,18H,2H2,1H3/b17-10+. The number of halogens is 1. The summed E-state index contributed by atoms with van der Waals surface area (Å²) in [6.45, 7) is 2.13. The summed E-state index contributed by atoms with van der Waals surface area (Å²) in [7, 11) is 0. The molecule has 92 valence electrons. The van der Waals surface area contributed by atoms with Gasteiger partial charge in [0, 0.05) is 15.3 Å². The fourth-order valence-electron chi connectivity index (χ4n) is 1.59. The third-order valence-electron chi connectivity index (χ3n) is 2.69. The molecule has 0 unspecified atom stereocenters. The van der Waals surface area contributed by atoms with Crippen molar-refractivity contribution in [3.63, 3.8) is 0 Å². The van der Waals surface area contributed by atoms with Gasteiger partial charge in [0.25, 0.3) is 0 Å². The fraction of sp³-hybridized carbons (Fsp3) is 0.133. The van der Waals surface area contributed by atoms with E-state index in [-0.39, 0.29) is 5.75 Å². The van der Waals surface area contributed by atoms with Crippen molar-refractivity contribution >= 4 is 34.5 Å². The predicted molar refractivity (Wildman–Crippen MR) is 83.9 cm³/mol. The third kappa shape index (κ3) is 3.32. The van der Waals surface area contributed by atoms with Gasteiger partial charge in [0.15, 0.2) is 0 Å². The van der Waals surface area contributed by atoms with Crippen molar-refractivity contribution in [3.8, 4) is 5.75 Å². The summed E-state index contributed by atoms with van der Waals surface area (Å²) in [6.07, 6.45) is 2.72. The number of benzene rings is 2. The molecule has 2 aromatic carbocycles. The summed E-state index contributed by atoms with van der Waals surface area (Å²) < 4.78 is 1.08. The topological polar surface area (TPSA) is 32.6 Å². The minimum absolute atomic E-state index is 0.254. The van der Waals surface area contributed by atoms with Crippen molar-refractivity contribution in [2.24, 2.45) is 4.99 Å². The number of aromatic hydroxyl groups is 1. The van der Waals surface area contributed by atoms with E-state index in [4.69, 9.17) is 0 Å². The first-order valence-electron chi connectivity index (χ1n) is 5.80. The zero-order valence-corrected chi connectivity index (χ0v) is 12.3. The van der Waals surface area contributed by atoms with Gasteiger partial charge in [0.05, 0.1) is 5.69 Å². The van der Waals surface area contributed by atoms with E-state index < -0.39 is 0 Å². The van der Waals surface area contributed by atoms with Gasteiger partial charge in [-0.1, -0.05) is 19.1 Å². The van der Waals surface area contributed by atoms with Gasteiger partial charge in [-0.2, -0.15) is 0 Å². The molecule has 0 aliphatic heterocycles. The van der Waals surface area contributed by atoms with E-state index in [1.165, 1.54) is 5.56 Å². The third-order valence-corrected chi connectivity index (χ3v) is 3.36. The van der Waals surface area contributed by atoms with Crippen LogP contribution in [0.15, 0.2) is 47.5 Å². The van der Waals surface area contributed by atoms with Gasteiger partial charge in [-0.25, -0.2) is 0 Å². The Morgan fingerprint density at radius 2 is 1.89 bits per heavy atom. The van der Waals surface area contributed by atoms with Gasteiger partial charge in [-0.15, -0.1) is 0 Å². The molecule has 2 rings (SSSR count). The van der Waals surface area contributed by atoms with Crippen LogP contribution in [0.4, 0.5) is 5.69 Å². The monoisotopic (exact) mass is 351 g/mol. The highest BCUT2D eigenvalue weighted by molar-refractivity contribution is 14.1. The average Bonchev–Trinajstić information content (AvgIpc) is 2.40. The molecule has 0 heterocycles. The van der Waals surface area contributed by atoms with Crippen LogP contribution in [-0.4, -0.2) is 11.3 Å². The summed E-state index contributed by atoms with van der Waals surface area (Å²) in [5, 5.41) is 9.70. The first-order valence-corrected chi connectivity index (χ1v) is 6.88. The van der Waals surface area contributed by atoms with Crippen LogP contribution in [0.3, 0.4) is 0 Å². The van der Waals surface area contributed by atoms with Gasteiger partial charge in [-0.3, -0.25) is 4.99 Å². The molecule has 0 radical (unpaired) electrons. The minimum Gasteiger partial charge on any atom is -0.507 e. The molecular weight excluding hydrogens is 337 g/mol. The number of rotatable bonds is 3. The molecule has 2 aromatic rings. The lowest BCUT2D eigenvalue weighted by atomic mass is 10.1. The quantitative estimate of drug-likeness (QED) is 0.649. The van der Waals surface area contributed by atoms with Crippen LogP contribution < -0.4 is 0 Å². The number of hydrogen-bond acceptors (Lipinski definition) is 2. The Kier molecular flexibility index (Phi) is 4.36. The van der Waals surface area contributed by atoms with E-state index in [1.54, 1.807) is 12.3 Å². The van der Waals surface area contributed by atoms with E-state index in [0.29, 0.717) is 0 Å². The lowest BCUT2D eigenvalue weighted by Crippen LogP contribution is -1.84. The normalized spacial score (nSPS) is 11.0. The second-order valence-electron chi connectivity index (χ2n) is 3.98. The maximum absolute atomic E-state index is 9.70. The van der Waals surface area contributed by atoms with Crippen LogP contribution in [0.25, 0.3) is 0 Å². The number of phenolic OH excluding ortho intramolecular Hbond substituents is 1. The zero-order chi connectivity index (χ0) is 13.0. The molecule has 18 heavy (non-hydrogen) atoms. The molecule has 0 aliphatic carbocycles. The highest BCUT2D eigenvalue weighted by atomic mass is 127. The molecular formula is C15H14INO. The molecule has 0 aromatic heterocycles. The van der Waals surface area contributed by atoms with Crippen molar-refractivity contribution in [2.45, 2.75) is 13.3 Å². The summed E-state index contributed by atoms with van der Waals surface area (Å²) in [4.78, 5) is 4.37. The van der Waals surface area contributed by atoms with Crippen LogP contribution in [0.1, 0.15) is 18.1 Å². The van der Waals surface area contributed by atoms with E-state index in [9.17, 15) is 5.11 Å². The summed E-state index contributed by atoms with van der Waals surface area (Å²) in [5.41, 5.74) is 2.93. The lowest BCUT2D eigenvalue weighted by Gasteiger charge is -2.00. The Morgan fingerprint density at radius 3 is 2.56 bits per heavy atom. The van der Waals surface area contributed by atoms with Crippen LogP contribution in [-0.2, 0) is 6.42 Å².